The lowest BCUT2D eigenvalue weighted by atomic mass is 10.2. The van der Waals surface area contributed by atoms with Gasteiger partial charge in [-0.25, -0.2) is 0 Å². The summed E-state index contributed by atoms with van der Waals surface area (Å²) in [5, 5.41) is 4.00. The molecule has 90 valence electrons. The van der Waals surface area contributed by atoms with E-state index < -0.39 is 6.29 Å². The SMILES string of the molecule is CCOC(OCC)C(=O)Cc1cnn(C)c1. The summed E-state index contributed by atoms with van der Waals surface area (Å²) in [4.78, 5) is 11.8. The van der Waals surface area contributed by atoms with E-state index in [0.717, 1.165) is 5.56 Å². The molecule has 1 rings (SSSR count). The maximum atomic E-state index is 11.8. The second-order valence-electron chi connectivity index (χ2n) is 3.41. The number of rotatable bonds is 7. The van der Waals surface area contributed by atoms with Crippen LogP contribution in [0.3, 0.4) is 0 Å². The van der Waals surface area contributed by atoms with Gasteiger partial charge in [0.05, 0.1) is 6.20 Å². The summed E-state index contributed by atoms with van der Waals surface area (Å²) >= 11 is 0. The van der Waals surface area contributed by atoms with Gasteiger partial charge in [0.15, 0.2) is 5.78 Å². The molecule has 0 aliphatic heterocycles. The fourth-order valence-electron chi connectivity index (χ4n) is 1.38. The Morgan fingerprint density at radius 2 is 2.06 bits per heavy atom. The van der Waals surface area contributed by atoms with Crippen molar-refractivity contribution >= 4 is 5.78 Å². The number of Topliss-reactive ketones (excluding diaryl/α,β-unsaturated/α-hetero) is 1. The summed E-state index contributed by atoms with van der Waals surface area (Å²) in [6, 6.07) is 0. The van der Waals surface area contributed by atoms with Gasteiger partial charge in [-0.2, -0.15) is 5.10 Å². The summed E-state index contributed by atoms with van der Waals surface area (Å²) in [5.41, 5.74) is 0.872. The number of ether oxygens (including phenoxy) is 2. The van der Waals surface area contributed by atoms with E-state index in [1.54, 1.807) is 10.9 Å². The molecular formula is C11H18N2O3. The third-order valence-electron chi connectivity index (χ3n) is 2.04. The first-order chi connectivity index (χ1) is 7.67. The third kappa shape index (κ3) is 3.75. The Hall–Kier alpha value is -1.20. The Labute approximate surface area is 95.3 Å². The highest BCUT2D eigenvalue weighted by Crippen LogP contribution is 2.04. The van der Waals surface area contributed by atoms with Crippen LogP contribution < -0.4 is 0 Å². The van der Waals surface area contributed by atoms with E-state index in [9.17, 15) is 4.79 Å². The number of ketones is 1. The lowest BCUT2D eigenvalue weighted by molar-refractivity contribution is -0.167. The van der Waals surface area contributed by atoms with Crippen molar-refractivity contribution in [2.24, 2.45) is 7.05 Å². The van der Waals surface area contributed by atoms with Gasteiger partial charge in [-0.1, -0.05) is 0 Å². The van der Waals surface area contributed by atoms with Crippen molar-refractivity contribution in [3.8, 4) is 0 Å². The van der Waals surface area contributed by atoms with Crippen LogP contribution in [0.1, 0.15) is 19.4 Å². The highest BCUT2D eigenvalue weighted by molar-refractivity contribution is 5.83. The molecule has 0 amide bonds. The van der Waals surface area contributed by atoms with E-state index in [1.165, 1.54) is 0 Å². The fraction of sp³-hybridized carbons (Fsp3) is 0.636. The van der Waals surface area contributed by atoms with E-state index in [1.807, 2.05) is 27.1 Å². The second-order valence-corrected chi connectivity index (χ2v) is 3.41. The predicted octanol–water partition coefficient (Wildman–Crippen LogP) is 0.931. The van der Waals surface area contributed by atoms with Gasteiger partial charge in [0.25, 0.3) is 0 Å². The first-order valence-electron chi connectivity index (χ1n) is 5.40. The average Bonchev–Trinajstić information content (AvgIpc) is 2.63. The molecule has 5 nitrogen and oxygen atoms in total. The van der Waals surface area contributed by atoms with Crippen LogP contribution in [0.25, 0.3) is 0 Å². The minimum atomic E-state index is -0.754. The predicted molar refractivity (Wildman–Crippen MR) is 59.0 cm³/mol. The van der Waals surface area contributed by atoms with Crippen molar-refractivity contribution in [1.29, 1.82) is 0 Å². The van der Waals surface area contributed by atoms with Crippen LogP contribution in [-0.2, 0) is 27.7 Å². The van der Waals surface area contributed by atoms with Crippen LogP contribution >= 0.6 is 0 Å². The van der Waals surface area contributed by atoms with Gasteiger partial charge in [0, 0.05) is 32.9 Å². The molecule has 0 radical (unpaired) electrons. The number of hydrogen-bond donors (Lipinski definition) is 0. The van der Waals surface area contributed by atoms with Crippen molar-refractivity contribution in [3.05, 3.63) is 18.0 Å². The van der Waals surface area contributed by atoms with Crippen LogP contribution in [0.4, 0.5) is 0 Å². The first kappa shape index (κ1) is 12.9. The van der Waals surface area contributed by atoms with Crippen molar-refractivity contribution in [2.75, 3.05) is 13.2 Å². The van der Waals surface area contributed by atoms with Gasteiger partial charge < -0.3 is 9.47 Å². The van der Waals surface area contributed by atoms with Crippen LogP contribution in [0.2, 0.25) is 0 Å². The molecule has 1 aromatic heterocycles. The molecule has 0 atom stereocenters. The normalized spacial score (nSPS) is 11.0. The van der Waals surface area contributed by atoms with Gasteiger partial charge in [0.1, 0.15) is 0 Å². The molecule has 0 N–H and O–H groups in total. The minimum absolute atomic E-state index is 0.0725. The zero-order valence-electron chi connectivity index (χ0n) is 9.97. The summed E-state index contributed by atoms with van der Waals surface area (Å²) in [6.45, 7) is 4.60. The maximum Gasteiger partial charge on any atom is 0.218 e. The zero-order chi connectivity index (χ0) is 12.0. The molecule has 0 spiro atoms. The molecule has 0 aromatic carbocycles. The summed E-state index contributed by atoms with van der Waals surface area (Å²) < 4.78 is 12.1. The molecule has 5 heteroatoms. The molecule has 1 heterocycles. The third-order valence-corrected chi connectivity index (χ3v) is 2.04. The monoisotopic (exact) mass is 226 g/mol. The Balaban J connectivity index is 2.54. The number of carbonyl (C=O) groups is 1. The molecule has 0 aliphatic rings. The average molecular weight is 226 g/mol. The van der Waals surface area contributed by atoms with E-state index >= 15 is 0 Å². The van der Waals surface area contributed by atoms with E-state index in [0.29, 0.717) is 19.6 Å². The second kappa shape index (κ2) is 6.40. The Kier molecular flexibility index (Phi) is 5.14. The van der Waals surface area contributed by atoms with E-state index in [2.05, 4.69) is 5.10 Å². The van der Waals surface area contributed by atoms with Gasteiger partial charge in [0.2, 0.25) is 6.29 Å². The Morgan fingerprint density at radius 1 is 1.44 bits per heavy atom. The topological polar surface area (TPSA) is 53.4 Å². The van der Waals surface area contributed by atoms with Crippen molar-refractivity contribution < 1.29 is 14.3 Å². The van der Waals surface area contributed by atoms with Gasteiger partial charge in [-0.15, -0.1) is 0 Å². The molecule has 0 fully saturated rings. The smallest absolute Gasteiger partial charge is 0.218 e. The standard InChI is InChI=1S/C11H18N2O3/c1-4-15-11(16-5-2)10(14)6-9-7-12-13(3)8-9/h7-8,11H,4-6H2,1-3H3. The fourth-order valence-corrected chi connectivity index (χ4v) is 1.38. The number of nitrogens with zero attached hydrogens (tertiary/aromatic N) is 2. The highest BCUT2D eigenvalue weighted by Gasteiger charge is 2.19. The quantitative estimate of drug-likeness (QED) is 0.649. The molecule has 1 aromatic rings. The summed E-state index contributed by atoms with van der Waals surface area (Å²) in [5.74, 6) is -0.0725. The number of hydrogen-bond acceptors (Lipinski definition) is 4. The van der Waals surface area contributed by atoms with Gasteiger partial charge >= 0.3 is 0 Å². The number of aryl methyl sites for hydroxylation is 1. The van der Waals surface area contributed by atoms with Crippen molar-refractivity contribution in [2.45, 2.75) is 26.6 Å². The molecule has 0 saturated heterocycles. The van der Waals surface area contributed by atoms with Crippen LogP contribution in [0.15, 0.2) is 12.4 Å². The van der Waals surface area contributed by atoms with Crippen LogP contribution in [-0.4, -0.2) is 35.1 Å². The Bertz CT molecular complexity index is 330. The first-order valence-corrected chi connectivity index (χ1v) is 5.40. The highest BCUT2D eigenvalue weighted by atomic mass is 16.7. The number of aromatic nitrogens is 2. The molecule has 16 heavy (non-hydrogen) atoms. The van der Waals surface area contributed by atoms with Crippen molar-refractivity contribution in [1.82, 2.24) is 9.78 Å². The summed E-state index contributed by atoms with van der Waals surface area (Å²) in [6.07, 6.45) is 3.02. The minimum Gasteiger partial charge on any atom is -0.346 e. The maximum absolute atomic E-state index is 11.8. The largest absolute Gasteiger partial charge is 0.346 e. The van der Waals surface area contributed by atoms with E-state index in [-0.39, 0.29) is 5.78 Å². The molecule has 0 bridgehead atoms. The van der Waals surface area contributed by atoms with Gasteiger partial charge in [-0.05, 0) is 19.4 Å². The number of carbonyl (C=O) groups excluding carboxylic acids is 1. The van der Waals surface area contributed by atoms with Crippen molar-refractivity contribution in [3.63, 3.8) is 0 Å². The zero-order valence-corrected chi connectivity index (χ0v) is 9.97. The molecule has 0 aliphatic carbocycles. The summed E-state index contributed by atoms with van der Waals surface area (Å²) in [7, 11) is 1.82. The Morgan fingerprint density at radius 3 is 2.50 bits per heavy atom. The molecular weight excluding hydrogens is 208 g/mol. The lowest BCUT2D eigenvalue weighted by Crippen LogP contribution is -2.29. The van der Waals surface area contributed by atoms with E-state index in [4.69, 9.17) is 9.47 Å². The van der Waals surface area contributed by atoms with Crippen LogP contribution in [0.5, 0.6) is 0 Å². The molecule has 0 unspecified atom stereocenters. The molecule has 0 saturated carbocycles. The van der Waals surface area contributed by atoms with Crippen LogP contribution in [0, 0.1) is 0 Å². The lowest BCUT2D eigenvalue weighted by Gasteiger charge is -2.14. The van der Waals surface area contributed by atoms with Gasteiger partial charge in [-0.3, -0.25) is 9.48 Å².